The zero-order chi connectivity index (χ0) is 15.1. The number of carbonyl (C=O) groups is 1. The van der Waals surface area contributed by atoms with Gasteiger partial charge in [0.15, 0.2) is 5.82 Å². The van der Waals surface area contributed by atoms with E-state index in [2.05, 4.69) is 20.2 Å². The summed E-state index contributed by atoms with van der Waals surface area (Å²) in [6, 6.07) is 8.97. The quantitative estimate of drug-likeness (QED) is 0.822. The van der Waals surface area contributed by atoms with Gasteiger partial charge in [0, 0.05) is 19.3 Å². The van der Waals surface area contributed by atoms with Crippen molar-refractivity contribution in [1.82, 2.24) is 9.97 Å². The van der Waals surface area contributed by atoms with Crippen molar-refractivity contribution in [2.75, 3.05) is 28.2 Å². The molecule has 0 radical (unpaired) electrons. The molecule has 0 aromatic carbocycles. The number of nitrogens with one attached hydrogen (secondary N) is 1. The first-order valence-electron chi connectivity index (χ1n) is 7.15. The Labute approximate surface area is 132 Å². The molecule has 112 valence electrons. The molecule has 4 heterocycles. The highest BCUT2D eigenvalue weighted by Crippen LogP contribution is 2.39. The zero-order valence-corrected chi connectivity index (χ0v) is 12.5. The first kappa shape index (κ1) is 13.3. The zero-order valence-electron chi connectivity index (χ0n) is 11.7. The Hall–Kier alpha value is -2.34. The average Bonchev–Trinajstić information content (AvgIpc) is 2.93. The fourth-order valence-electron chi connectivity index (χ4n) is 3.05. The fraction of sp³-hybridized carbons (Fsp3) is 0.267. The average molecular weight is 316 g/mol. The summed E-state index contributed by atoms with van der Waals surface area (Å²) < 4.78 is 0. The summed E-state index contributed by atoms with van der Waals surface area (Å²) in [5.41, 5.74) is 0.953. The van der Waals surface area contributed by atoms with Crippen LogP contribution < -0.4 is 15.1 Å². The van der Waals surface area contributed by atoms with Gasteiger partial charge in [0.1, 0.15) is 11.0 Å². The minimum Gasteiger partial charge on any atom is -0.366 e. The van der Waals surface area contributed by atoms with Gasteiger partial charge in [-0.05, 0) is 30.7 Å². The van der Waals surface area contributed by atoms with Crippen LogP contribution in [0.1, 0.15) is 6.42 Å². The maximum atomic E-state index is 12.7. The number of urea groups is 1. The number of anilines is 3. The van der Waals surface area contributed by atoms with Gasteiger partial charge in [0.05, 0.1) is 11.7 Å². The largest absolute Gasteiger partial charge is 0.366 e. The van der Waals surface area contributed by atoms with E-state index in [1.54, 1.807) is 23.2 Å². The van der Waals surface area contributed by atoms with E-state index < -0.39 is 0 Å². The number of hydrogen-bond donors (Lipinski definition) is 1. The summed E-state index contributed by atoms with van der Waals surface area (Å²) in [5, 5.41) is 3.22. The third kappa shape index (κ3) is 2.16. The molecule has 1 fully saturated rings. The monoisotopic (exact) mass is 315 g/mol. The molecule has 1 unspecified atom stereocenters. The Bertz CT molecular complexity index is 723. The smallest absolute Gasteiger partial charge is 0.329 e. The highest BCUT2D eigenvalue weighted by Gasteiger charge is 2.40. The van der Waals surface area contributed by atoms with E-state index in [1.807, 2.05) is 18.2 Å². The lowest BCUT2D eigenvalue weighted by Gasteiger charge is -2.35. The Morgan fingerprint density at radius 2 is 2.23 bits per heavy atom. The second kappa shape index (κ2) is 5.14. The molecule has 1 saturated heterocycles. The Balaban J connectivity index is 1.69. The van der Waals surface area contributed by atoms with E-state index in [-0.39, 0.29) is 12.1 Å². The molecule has 0 aliphatic carbocycles. The predicted molar refractivity (Wildman–Crippen MR) is 85.6 cm³/mol. The highest BCUT2D eigenvalue weighted by molar-refractivity contribution is 6.29. The van der Waals surface area contributed by atoms with Crippen LogP contribution in [-0.4, -0.2) is 35.1 Å². The Morgan fingerprint density at radius 3 is 3.05 bits per heavy atom. The summed E-state index contributed by atoms with van der Waals surface area (Å²) in [6.07, 6.45) is 2.57. The molecule has 2 aliphatic rings. The lowest BCUT2D eigenvalue weighted by atomic mass is 10.2. The van der Waals surface area contributed by atoms with Crippen LogP contribution in [-0.2, 0) is 0 Å². The number of nitrogens with zero attached hydrogens (tertiary/aromatic N) is 4. The molecule has 2 bridgehead atoms. The first-order valence-corrected chi connectivity index (χ1v) is 7.53. The van der Waals surface area contributed by atoms with Crippen molar-refractivity contribution >= 4 is 35.0 Å². The van der Waals surface area contributed by atoms with Gasteiger partial charge in [-0.2, -0.15) is 0 Å². The molecule has 2 aliphatic heterocycles. The molecule has 2 aromatic rings. The van der Waals surface area contributed by atoms with Gasteiger partial charge in [-0.1, -0.05) is 17.7 Å². The van der Waals surface area contributed by atoms with Crippen LogP contribution >= 0.6 is 11.6 Å². The van der Waals surface area contributed by atoms with Gasteiger partial charge < -0.3 is 4.90 Å². The summed E-state index contributed by atoms with van der Waals surface area (Å²) in [6.45, 7) is 1.75. The standard InChI is InChI=1S/C15H14ClN5O/c16-12-5-4-11-14(18-12)21(10-6-8-20(11)9-10)15(22)19-13-3-1-2-7-17-13/h1-5,7,10H,6,8-9H2,(H,17,19,22). The van der Waals surface area contributed by atoms with Gasteiger partial charge >= 0.3 is 6.03 Å². The van der Waals surface area contributed by atoms with Gasteiger partial charge in [0.2, 0.25) is 0 Å². The first-order chi connectivity index (χ1) is 10.7. The van der Waals surface area contributed by atoms with E-state index in [4.69, 9.17) is 11.6 Å². The number of halogens is 1. The maximum Gasteiger partial charge on any atom is 0.329 e. The second-order valence-electron chi connectivity index (χ2n) is 5.38. The number of amides is 2. The topological polar surface area (TPSA) is 61.4 Å². The SMILES string of the molecule is O=C(Nc1ccccn1)N1c2nc(Cl)ccc2N2CCC1C2. The summed E-state index contributed by atoms with van der Waals surface area (Å²) in [4.78, 5) is 25.2. The maximum absolute atomic E-state index is 12.7. The number of fused-ring (bicyclic) bond motifs is 4. The van der Waals surface area contributed by atoms with Crippen molar-refractivity contribution in [3.63, 3.8) is 0 Å². The lowest BCUT2D eigenvalue weighted by Crippen LogP contribution is -2.48. The van der Waals surface area contributed by atoms with Crippen molar-refractivity contribution in [3.8, 4) is 0 Å². The molecule has 0 spiro atoms. The summed E-state index contributed by atoms with van der Waals surface area (Å²) >= 11 is 6.02. The molecule has 4 rings (SSSR count). The third-order valence-corrected chi connectivity index (χ3v) is 4.25. The van der Waals surface area contributed by atoms with Crippen LogP contribution in [0.5, 0.6) is 0 Å². The van der Waals surface area contributed by atoms with Crippen LogP contribution in [0.15, 0.2) is 36.5 Å². The van der Waals surface area contributed by atoms with E-state index in [9.17, 15) is 4.79 Å². The summed E-state index contributed by atoms with van der Waals surface area (Å²) in [7, 11) is 0. The minimum absolute atomic E-state index is 0.113. The van der Waals surface area contributed by atoms with Crippen molar-refractivity contribution in [2.45, 2.75) is 12.5 Å². The van der Waals surface area contributed by atoms with Crippen LogP contribution in [0.4, 0.5) is 22.1 Å². The highest BCUT2D eigenvalue weighted by atomic mass is 35.5. The lowest BCUT2D eigenvalue weighted by molar-refractivity contribution is 0.254. The number of carbonyl (C=O) groups excluding carboxylic acids is 1. The third-order valence-electron chi connectivity index (χ3n) is 4.04. The van der Waals surface area contributed by atoms with Crippen molar-refractivity contribution < 1.29 is 4.79 Å². The second-order valence-corrected chi connectivity index (χ2v) is 5.77. The van der Waals surface area contributed by atoms with Crippen LogP contribution in [0.25, 0.3) is 0 Å². The molecule has 1 atom stereocenters. The molecule has 2 aromatic heterocycles. The predicted octanol–water partition coefficient (Wildman–Crippen LogP) is 2.76. The van der Waals surface area contributed by atoms with E-state index in [1.165, 1.54) is 0 Å². The van der Waals surface area contributed by atoms with Gasteiger partial charge in [0.25, 0.3) is 0 Å². The minimum atomic E-state index is -0.221. The summed E-state index contributed by atoms with van der Waals surface area (Å²) in [5.74, 6) is 1.14. The number of pyridine rings is 2. The number of aromatic nitrogens is 2. The van der Waals surface area contributed by atoms with Crippen molar-refractivity contribution in [2.24, 2.45) is 0 Å². The van der Waals surface area contributed by atoms with Crippen LogP contribution in [0, 0.1) is 0 Å². The fourth-order valence-corrected chi connectivity index (χ4v) is 3.20. The van der Waals surface area contributed by atoms with Crippen LogP contribution in [0.3, 0.4) is 0 Å². The van der Waals surface area contributed by atoms with E-state index >= 15 is 0 Å². The van der Waals surface area contributed by atoms with Gasteiger partial charge in [-0.15, -0.1) is 0 Å². The molecule has 1 N–H and O–H groups in total. The molecule has 6 nitrogen and oxygen atoms in total. The molecular weight excluding hydrogens is 302 g/mol. The Kier molecular flexibility index (Phi) is 3.11. The molecule has 2 amide bonds. The van der Waals surface area contributed by atoms with Crippen molar-refractivity contribution in [3.05, 3.63) is 41.7 Å². The van der Waals surface area contributed by atoms with Gasteiger partial charge in [-0.25, -0.2) is 14.8 Å². The van der Waals surface area contributed by atoms with Crippen LogP contribution in [0.2, 0.25) is 5.15 Å². The number of hydrogen-bond acceptors (Lipinski definition) is 4. The normalized spacial score (nSPS) is 19.0. The van der Waals surface area contributed by atoms with Crippen molar-refractivity contribution in [1.29, 1.82) is 0 Å². The Morgan fingerprint density at radius 1 is 1.32 bits per heavy atom. The van der Waals surface area contributed by atoms with E-state index in [0.29, 0.717) is 16.8 Å². The molecular formula is C15H14ClN5O. The number of rotatable bonds is 1. The van der Waals surface area contributed by atoms with E-state index in [0.717, 1.165) is 25.2 Å². The molecule has 7 heteroatoms. The molecule has 22 heavy (non-hydrogen) atoms. The van der Waals surface area contributed by atoms with Gasteiger partial charge in [-0.3, -0.25) is 10.2 Å². The molecule has 0 saturated carbocycles.